The van der Waals surface area contributed by atoms with E-state index >= 15 is 0 Å². The fourth-order valence-corrected chi connectivity index (χ4v) is 3.01. The van der Waals surface area contributed by atoms with E-state index in [9.17, 15) is 0 Å². The first-order valence-corrected chi connectivity index (χ1v) is 7.82. The molecule has 1 saturated heterocycles. The fraction of sp³-hybridized carbons (Fsp3) is 0.647. The lowest BCUT2D eigenvalue weighted by atomic mass is 10.0. The minimum atomic E-state index is 0.441. The lowest BCUT2D eigenvalue weighted by molar-refractivity contribution is 0.177. The van der Waals surface area contributed by atoms with Gasteiger partial charge in [0.15, 0.2) is 0 Å². The average Bonchev–Trinajstić information content (AvgIpc) is 2.50. The number of nitrogens with zero attached hydrogens (tertiary/aromatic N) is 1. The second-order valence-electron chi connectivity index (χ2n) is 5.77. The van der Waals surface area contributed by atoms with Gasteiger partial charge < -0.3 is 15.0 Å². The number of benzene rings is 1. The number of hydrogen-bond donors (Lipinski definition) is 1. The number of likely N-dealkylation sites (tertiary alicyclic amines) is 1. The van der Waals surface area contributed by atoms with Crippen molar-refractivity contribution >= 4 is 0 Å². The summed E-state index contributed by atoms with van der Waals surface area (Å²) < 4.78 is 5.22. The molecule has 20 heavy (non-hydrogen) atoms. The maximum Gasteiger partial charge on any atom is 0.118 e. The second kappa shape index (κ2) is 7.65. The van der Waals surface area contributed by atoms with Crippen LogP contribution in [0.5, 0.6) is 5.75 Å². The quantitative estimate of drug-likeness (QED) is 0.863. The molecule has 2 rings (SSSR count). The van der Waals surface area contributed by atoms with E-state index in [1.807, 2.05) is 12.1 Å². The number of hydrogen-bond acceptors (Lipinski definition) is 3. The molecule has 0 radical (unpaired) electrons. The first kappa shape index (κ1) is 15.3. The SMILES string of the molecule is CCC(NCC1CCCCN1C)c1ccc(OC)cc1. The molecule has 0 saturated carbocycles. The molecule has 1 fully saturated rings. The molecule has 0 bridgehead atoms. The van der Waals surface area contributed by atoms with E-state index in [0.29, 0.717) is 12.1 Å². The molecular weight excluding hydrogens is 248 g/mol. The Morgan fingerprint density at radius 3 is 2.65 bits per heavy atom. The standard InChI is InChI=1S/C17H28N2O/c1-4-17(14-8-10-16(20-3)11-9-14)18-13-15-7-5-6-12-19(15)2/h8-11,15,17-18H,4-7,12-13H2,1-3H3. The maximum absolute atomic E-state index is 5.22. The van der Waals surface area contributed by atoms with Gasteiger partial charge in [0.2, 0.25) is 0 Å². The molecule has 2 unspecified atom stereocenters. The first-order valence-electron chi connectivity index (χ1n) is 7.82. The van der Waals surface area contributed by atoms with Crippen LogP contribution in [0.25, 0.3) is 0 Å². The Balaban J connectivity index is 1.90. The summed E-state index contributed by atoms with van der Waals surface area (Å²) in [7, 11) is 3.96. The summed E-state index contributed by atoms with van der Waals surface area (Å²) in [5, 5.41) is 3.74. The summed E-state index contributed by atoms with van der Waals surface area (Å²) in [4.78, 5) is 2.50. The molecule has 0 aromatic heterocycles. The van der Waals surface area contributed by atoms with Crippen molar-refractivity contribution in [1.82, 2.24) is 10.2 Å². The van der Waals surface area contributed by atoms with Gasteiger partial charge in [-0.3, -0.25) is 0 Å². The van der Waals surface area contributed by atoms with Crippen LogP contribution in [0.4, 0.5) is 0 Å². The first-order chi connectivity index (χ1) is 9.74. The van der Waals surface area contributed by atoms with Crippen LogP contribution in [0.1, 0.15) is 44.2 Å². The van der Waals surface area contributed by atoms with Crippen LogP contribution < -0.4 is 10.1 Å². The van der Waals surface area contributed by atoms with E-state index in [0.717, 1.165) is 18.7 Å². The predicted molar refractivity (Wildman–Crippen MR) is 84.3 cm³/mol. The van der Waals surface area contributed by atoms with Gasteiger partial charge in [-0.05, 0) is 50.6 Å². The summed E-state index contributed by atoms with van der Waals surface area (Å²) in [6.45, 7) is 4.57. The van der Waals surface area contributed by atoms with Crippen molar-refractivity contribution in [2.24, 2.45) is 0 Å². The molecule has 1 aromatic carbocycles. The zero-order valence-corrected chi connectivity index (χ0v) is 13.1. The summed E-state index contributed by atoms with van der Waals surface area (Å²) >= 11 is 0. The number of ether oxygens (including phenoxy) is 1. The van der Waals surface area contributed by atoms with Crippen molar-refractivity contribution in [3.63, 3.8) is 0 Å². The number of likely N-dealkylation sites (N-methyl/N-ethyl adjacent to an activating group) is 1. The van der Waals surface area contributed by atoms with Gasteiger partial charge in [-0.2, -0.15) is 0 Å². The smallest absolute Gasteiger partial charge is 0.118 e. The van der Waals surface area contributed by atoms with Gasteiger partial charge in [0.05, 0.1) is 7.11 Å². The molecule has 1 aliphatic heterocycles. The van der Waals surface area contributed by atoms with Crippen molar-refractivity contribution in [3.8, 4) is 5.75 Å². The summed E-state index contributed by atoms with van der Waals surface area (Å²) in [5.74, 6) is 0.926. The zero-order chi connectivity index (χ0) is 14.4. The Morgan fingerprint density at radius 2 is 2.05 bits per heavy atom. The minimum absolute atomic E-state index is 0.441. The van der Waals surface area contributed by atoms with Crippen LogP contribution >= 0.6 is 0 Å². The lowest BCUT2D eigenvalue weighted by Gasteiger charge is -2.33. The highest BCUT2D eigenvalue weighted by atomic mass is 16.5. The number of rotatable bonds is 6. The summed E-state index contributed by atoms with van der Waals surface area (Å²) in [6.07, 6.45) is 5.16. The topological polar surface area (TPSA) is 24.5 Å². The van der Waals surface area contributed by atoms with E-state index in [-0.39, 0.29) is 0 Å². The van der Waals surface area contributed by atoms with Crippen LogP contribution in [-0.4, -0.2) is 38.2 Å². The van der Waals surface area contributed by atoms with Crippen molar-refractivity contribution in [2.45, 2.75) is 44.7 Å². The average molecular weight is 276 g/mol. The normalized spacial score (nSPS) is 21.6. The molecule has 1 aromatic rings. The van der Waals surface area contributed by atoms with E-state index in [1.54, 1.807) is 7.11 Å². The Morgan fingerprint density at radius 1 is 1.30 bits per heavy atom. The van der Waals surface area contributed by atoms with Crippen molar-refractivity contribution in [1.29, 1.82) is 0 Å². The van der Waals surface area contributed by atoms with Crippen LogP contribution in [0, 0.1) is 0 Å². The molecule has 2 atom stereocenters. The highest BCUT2D eigenvalue weighted by molar-refractivity contribution is 5.29. The molecule has 1 aliphatic rings. The van der Waals surface area contributed by atoms with Gasteiger partial charge in [-0.15, -0.1) is 0 Å². The van der Waals surface area contributed by atoms with Gasteiger partial charge in [0, 0.05) is 18.6 Å². The number of methoxy groups -OCH3 is 1. The third-order valence-electron chi connectivity index (χ3n) is 4.45. The molecule has 1 N–H and O–H groups in total. The molecule has 3 nitrogen and oxygen atoms in total. The van der Waals surface area contributed by atoms with E-state index in [4.69, 9.17) is 4.74 Å². The van der Waals surface area contributed by atoms with Gasteiger partial charge in [0.25, 0.3) is 0 Å². The Kier molecular flexibility index (Phi) is 5.86. The minimum Gasteiger partial charge on any atom is -0.497 e. The second-order valence-corrected chi connectivity index (χ2v) is 5.77. The Labute approximate surface area is 123 Å². The molecule has 0 aliphatic carbocycles. The molecule has 3 heteroatoms. The van der Waals surface area contributed by atoms with Gasteiger partial charge in [-0.25, -0.2) is 0 Å². The summed E-state index contributed by atoms with van der Waals surface area (Å²) in [5.41, 5.74) is 1.35. The van der Waals surface area contributed by atoms with Gasteiger partial charge >= 0.3 is 0 Å². The zero-order valence-electron chi connectivity index (χ0n) is 13.1. The lowest BCUT2D eigenvalue weighted by Crippen LogP contribution is -2.43. The number of nitrogens with one attached hydrogen (secondary N) is 1. The highest BCUT2D eigenvalue weighted by Crippen LogP contribution is 2.21. The van der Waals surface area contributed by atoms with Crippen molar-refractivity contribution in [3.05, 3.63) is 29.8 Å². The van der Waals surface area contributed by atoms with Gasteiger partial charge in [-0.1, -0.05) is 25.5 Å². The monoisotopic (exact) mass is 276 g/mol. The highest BCUT2D eigenvalue weighted by Gasteiger charge is 2.19. The van der Waals surface area contributed by atoms with Crippen LogP contribution in [0.15, 0.2) is 24.3 Å². The predicted octanol–water partition coefficient (Wildman–Crippen LogP) is 3.22. The molecule has 1 heterocycles. The van der Waals surface area contributed by atoms with Crippen molar-refractivity contribution < 1.29 is 4.74 Å². The molecular formula is C17H28N2O. The van der Waals surface area contributed by atoms with Gasteiger partial charge in [0.1, 0.15) is 5.75 Å². The Bertz CT molecular complexity index is 390. The van der Waals surface area contributed by atoms with Crippen LogP contribution in [-0.2, 0) is 0 Å². The largest absolute Gasteiger partial charge is 0.497 e. The van der Waals surface area contributed by atoms with Crippen molar-refractivity contribution in [2.75, 3.05) is 27.2 Å². The van der Waals surface area contributed by atoms with E-state index < -0.39 is 0 Å². The third-order valence-corrected chi connectivity index (χ3v) is 4.45. The molecule has 0 spiro atoms. The molecule has 112 valence electrons. The number of piperidine rings is 1. The Hall–Kier alpha value is -1.06. The van der Waals surface area contributed by atoms with E-state index in [2.05, 4.69) is 36.3 Å². The fourth-order valence-electron chi connectivity index (χ4n) is 3.01. The third kappa shape index (κ3) is 3.97. The summed E-state index contributed by atoms with van der Waals surface area (Å²) in [6, 6.07) is 9.57. The molecule has 0 amide bonds. The van der Waals surface area contributed by atoms with E-state index in [1.165, 1.54) is 31.4 Å². The van der Waals surface area contributed by atoms with Crippen LogP contribution in [0.2, 0.25) is 0 Å². The van der Waals surface area contributed by atoms with Crippen LogP contribution in [0.3, 0.4) is 0 Å². The maximum atomic E-state index is 5.22.